The normalized spacial score (nSPS) is 11.8. The van der Waals surface area contributed by atoms with E-state index in [2.05, 4.69) is 27.6 Å². The lowest BCUT2D eigenvalue weighted by Crippen LogP contribution is -2.25. The van der Waals surface area contributed by atoms with Crippen LogP contribution < -0.4 is 4.72 Å². The van der Waals surface area contributed by atoms with Crippen molar-refractivity contribution >= 4 is 26.0 Å². The van der Waals surface area contributed by atoms with E-state index < -0.39 is 15.8 Å². The van der Waals surface area contributed by atoms with Crippen molar-refractivity contribution in [1.82, 2.24) is 4.72 Å². The highest BCUT2D eigenvalue weighted by Crippen LogP contribution is 2.19. The largest absolute Gasteiger partial charge is 0.243 e. The highest BCUT2D eigenvalue weighted by atomic mass is 79.9. The van der Waals surface area contributed by atoms with Gasteiger partial charge in [-0.25, -0.2) is 17.5 Å². The molecule has 6 heteroatoms. The third-order valence-electron chi connectivity index (χ3n) is 3.01. The Balaban J connectivity index is 2.42. The van der Waals surface area contributed by atoms with Crippen LogP contribution in [-0.2, 0) is 10.0 Å². The molecule has 0 atom stereocenters. The van der Waals surface area contributed by atoms with Crippen LogP contribution in [-0.4, -0.2) is 15.0 Å². The zero-order valence-electron chi connectivity index (χ0n) is 11.7. The SMILES string of the molecule is CCCCCCCCNS(=O)(=O)c1ccc(Br)cc1F. The van der Waals surface area contributed by atoms with Crippen LogP contribution in [0.1, 0.15) is 45.4 Å². The Hall–Kier alpha value is -0.460. The first-order valence-corrected chi connectivity index (χ1v) is 9.19. The highest BCUT2D eigenvalue weighted by Gasteiger charge is 2.18. The minimum Gasteiger partial charge on any atom is -0.211 e. The van der Waals surface area contributed by atoms with Crippen LogP contribution in [0.4, 0.5) is 4.39 Å². The molecular weight excluding hydrogens is 345 g/mol. The fourth-order valence-corrected chi connectivity index (χ4v) is 3.35. The molecule has 0 heterocycles. The topological polar surface area (TPSA) is 46.2 Å². The van der Waals surface area contributed by atoms with Crippen LogP contribution in [0.2, 0.25) is 0 Å². The Labute approximate surface area is 129 Å². The van der Waals surface area contributed by atoms with Crippen molar-refractivity contribution in [3.8, 4) is 0 Å². The van der Waals surface area contributed by atoms with E-state index in [0.717, 1.165) is 25.3 Å². The predicted octanol–water partition coefficient (Wildman–Crippen LogP) is 4.23. The van der Waals surface area contributed by atoms with E-state index in [-0.39, 0.29) is 4.90 Å². The minimum absolute atomic E-state index is 0.299. The monoisotopic (exact) mass is 365 g/mol. The van der Waals surface area contributed by atoms with Crippen molar-refractivity contribution in [2.24, 2.45) is 0 Å². The van der Waals surface area contributed by atoms with Crippen LogP contribution in [0.3, 0.4) is 0 Å². The van der Waals surface area contributed by atoms with Gasteiger partial charge in [0.05, 0.1) is 0 Å². The second kappa shape index (κ2) is 8.74. The first-order chi connectivity index (χ1) is 9.47. The second-order valence-electron chi connectivity index (χ2n) is 4.74. The van der Waals surface area contributed by atoms with Crippen molar-refractivity contribution in [2.45, 2.75) is 50.3 Å². The zero-order chi connectivity index (χ0) is 15.0. The van der Waals surface area contributed by atoms with Crippen molar-refractivity contribution in [2.75, 3.05) is 6.54 Å². The summed E-state index contributed by atoms with van der Waals surface area (Å²) in [5, 5.41) is 0. The molecule has 0 fully saturated rings. The highest BCUT2D eigenvalue weighted by molar-refractivity contribution is 9.10. The smallest absolute Gasteiger partial charge is 0.211 e. The number of hydrogen-bond acceptors (Lipinski definition) is 2. The molecule has 3 nitrogen and oxygen atoms in total. The van der Waals surface area contributed by atoms with E-state index in [1.165, 1.54) is 31.4 Å². The molecule has 1 N–H and O–H groups in total. The number of benzene rings is 1. The van der Waals surface area contributed by atoms with Gasteiger partial charge in [0.1, 0.15) is 10.7 Å². The Morgan fingerprint density at radius 3 is 2.45 bits per heavy atom. The molecule has 0 aliphatic heterocycles. The molecule has 0 saturated carbocycles. The van der Waals surface area contributed by atoms with Gasteiger partial charge in [-0.2, -0.15) is 0 Å². The molecule has 0 unspecified atom stereocenters. The van der Waals surface area contributed by atoms with Gasteiger partial charge in [-0.15, -0.1) is 0 Å². The van der Waals surface area contributed by atoms with Crippen LogP contribution in [0.15, 0.2) is 27.6 Å². The molecule has 0 aliphatic rings. The molecule has 0 aliphatic carbocycles. The molecule has 0 bridgehead atoms. The maximum Gasteiger partial charge on any atom is 0.243 e. The van der Waals surface area contributed by atoms with Gasteiger partial charge in [-0.05, 0) is 24.6 Å². The third-order valence-corrected chi connectivity index (χ3v) is 4.99. The summed E-state index contributed by atoms with van der Waals surface area (Å²) in [6.45, 7) is 2.50. The lowest BCUT2D eigenvalue weighted by Gasteiger charge is -2.08. The predicted molar refractivity (Wildman–Crippen MR) is 82.7 cm³/mol. The molecule has 0 saturated heterocycles. The summed E-state index contributed by atoms with van der Waals surface area (Å²) >= 11 is 3.10. The summed E-state index contributed by atoms with van der Waals surface area (Å²) in [5.74, 6) is -0.741. The van der Waals surface area contributed by atoms with Gasteiger partial charge in [-0.1, -0.05) is 55.0 Å². The van der Waals surface area contributed by atoms with E-state index in [1.807, 2.05) is 0 Å². The summed E-state index contributed by atoms with van der Waals surface area (Å²) < 4.78 is 40.4. The summed E-state index contributed by atoms with van der Waals surface area (Å²) in [6, 6.07) is 3.94. The standard InChI is InChI=1S/C14H21BrFNO2S/c1-2-3-4-5-6-7-10-17-20(18,19)14-9-8-12(15)11-13(14)16/h8-9,11,17H,2-7,10H2,1H3. The van der Waals surface area contributed by atoms with Crippen LogP contribution in [0, 0.1) is 5.82 Å². The second-order valence-corrected chi connectivity index (χ2v) is 7.39. The maximum absolute atomic E-state index is 13.6. The van der Waals surface area contributed by atoms with E-state index >= 15 is 0 Å². The van der Waals surface area contributed by atoms with Crippen molar-refractivity contribution in [3.05, 3.63) is 28.5 Å². The number of hydrogen-bond donors (Lipinski definition) is 1. The van der Waals surface area contributed by atoms with E-state index in [0.29, 0.717) is 11.0 Å². The summed E-state index contributed by atoms with van der Waals surface area (Å²) in [5.41, 5.74) is 0. The van der Waals surface area contributed by atoms with Crippen molar-refractivity contribution in [1.29, 1.82) is 0 Å². The first kappa shape index (κ1) is 17.6. The van der Waals surface area contributed by atoms with Gasteiger partial charge in [0.25, 0.3) is 0 Å². The average Bonchev–Trinajstić information content (AvgIpc) is 2.37. The molecule has 0 amide bonds. The molecule has 0 spiro atoms. The van der Waals surface area contributed by atoms with Crippen molar-refractivity contribution in [3.63, 3.8) is 0 Å². The fraction of sp³-hybridized carbons (Fsp3) is 0.571. The number of halogens is 2. The zero-order valence-corrected chi connectivity index (χ0v) is 14.1. The third kappa shape index (κ3) is 5.89. The van der Waals surface area contributed by atoms with Gasteiger partial charge in [0.15, 0.2) is 0 Å². The van der Waals surface area contributed by atoms with E-state index in [9.17, 15) is 12.8 Å². The summed E-state index contributed by atoms with van der Waals surface area (Å²) in [6.07, 6.45) is 6.48. The van der Waals surface area contributed by atoms with Gasteiger partial charge < -0.3 is 0 Å². The lowest BCUT2D eigenvalue weighted by molar-refractivity contribution is 0.550. The molecule has 1 aromatic carbocycles. The Bertz CT molecular complexity index is 520. The molecule has 0 aromatic heterocycles. The molecule has 0 radical (unpaired) electrons. The van der Waals surface area contributed by atoms with Gasteiger partial charge in [-0.3, -0.25) is 0 Å². The molecule has 20 heavy (non-hydrogen) atoms. The van der Waals surface area contributed by atoms with Gasteiger partial charge >= 0.3 is 0 Å². The summed E-state index contributed by atoms with van der Waals surface area (Å²) in [7, 11) is -3.75. The van der Waals surface area contributed by atoms with Crippen LogP contribution in [0.5, 0.6) is 0 Å². The number of rotatable bonds is 9. The number of sulfonamides is 1. The Morgan fingerprint density at radius 1 is 1.15 bits per heavy atom. The lowest BCUT2D eigenvalue weighted by atomic mass is 10.1. The molecular formula is C14H21BrFNO2S. The number of nitrogens with one attached hydrogen (secondary N) is 1. The van der Waals surface area contributed by atoms with Crippen LogP contribution >= 0.6 is 15.9 Å². The quantitative estimate of drug-likeness (QED) is 0.665. The number of unbranched alkanes of at least 4 members (excludes halogenated alkanes) is 5. The Morgan fingerprint density at radius 2 is 1.80 bits per heavy atom. The van der Waals surface area contributed by atoms with Gasteiger partial charge in [0.2, 0.25) is 10.0 Å². The van der Waals surface area contributed by atoms with Crippen molar-refractivity contribution < 1.29 is 12.8 Å². The fourth-order valence-electron chi connectivity index (χ4n) is 1.88. The average molecular weight is 366 g/mol. The van der Waals surface area contributed by atoms with E-state index in [1.54, 1.807) is 0 Å². The van der Waals surface area contributed by atoms with Gasteiger partial charge in [0, 0.05) is 11.0 Å². The maximum atomic E-state index is 13.6. The first-order valence-electron chi connectivity index (χ1n) is 6.92. The molecule has 114 valence electrons. The van der Waals surface area contributed by atoms with Crippen LogP contribution in [0.25, 0.3) is 0 Å². The molecule has 1 aromatic rings. The molecule has 1 rings (SSSR count). The van der Waals surface area contributed by atoms with E-state index in [4.69, 9.17) is 0 Å². The minimum atomic E-state index is -3.75. The Kier molecular flexibility index (Phi) is 7.69. The summed E-state index contributed by atoms with van der Waals surface area (Å²) in [4.78, 5) is -0.299.